The third-order valence-corrected chi connectivity index (χ3v) is 9.40. The predicted molar refractivity (Wildman–Crippen MR) is 190 cm³/mol. The van der Waals surface area contributed by atoms with Gasteiger partial charge in [-0.2, -0.15) is 0 Å². The van der Waals surface area contributed by atoms with Crippen LogP contribution in [-0.4, -0.2) is 69.6 Å². The van der Waals surface area contributed by atoms with E-state index in [-0.39, 0.29) is 24.0 Å². The fourth-order valence-corrected chi connectivity index (χ4v) is 6.99. The summed E-state index contributed by atoms with van der Waals surface area (Å²) >= 11 is 0. The first-order chi connectivity index (χ1) is 23.7. The third kappa shape index (κ3) is 7.72. The number of carbonyl (C=O) groups is 2. The van der Waals surface area contributed by atoms with E-state index in [4.69, 9.17) is 15.2 Å². The van der Waals surface area contributed by atoms with Gasteiger partial charge in [-0.25, -0.2) is 9.59 Å². The molecule has 4 aromatic carbocycles. The molecule has 2 aliphatic carbocycles. The molecule has 4 N–H and O–H groups in total. The average molecular weight is 647 g/mol. The summed E-state index contributed by atoms with van der Waals surface area (Å²) in [6, 6.07) is 33.4. The Balaban J connectivity index is 0.856. The van der Waals surface area contributed by atoms with Gasteiger partial charge >= 0.3 is 12.2 Å². The Hall–Kier alpha value is -4.66. The van der Waals surface area contributed by atoms with Crippen molar-refractivity contribution in [3.8, 4) is 22.3 Å². The largest absolute Gasteiger partial charge is 0.449 e. The number of benzene rings is 4. The number of amides is 2. The van der Waals surface area contributed by atoms with Gasteiger partial charge < -0.3 is 30.7 Å². The Labute approximate surface area is 283 Å². The van der Waals surface area contributed by atoms with Crippen molar-refractivity contribution in [3.63, 3.8) is 0 Å². The highest BCUT2D eigenvalue weighted by Gasteiger charge is 2.30. The van der Waals surface area contributed by atoms with E-state index in [1.54, 1.807) is 4.90 Å². The number of nitrogens with one attached hydrogen (secondary N) is 2. The third-order valence-electron chi connectivity index (χ3n) is 9.40. The molecule has 0 saturated heterocycles. The molecule has 48 heavy (non-hydrogen) atoms. The summed E-state index contributed by atoms with van der Waals surface area (Å²) < 4.78 is 11.5. The Morgan fingerprint density at radius 1 is 0.583 bits per heavy atom. The summed E-state index contributed by atoms with van der Waals surface area (Å²) in [5, 5.41) is 6.32. The van der Waals surface area contributed by atoms with Crippen molar-refractivity contribution in [3.05, 3.63) is 119 Å². The molecule has 2 aliphatic rings. The number of rotatable bonds is 16. The van der Waals surface area contributed by atoms with E-state index >= 15 is 0 Å². The first kappa shape index (κ1) is 33.2. The molecule has 0 aliphatic heterocycles. The Bertz CT molecular complexity index is 1600. The lowest BCUT2D eigenvalue weighted by Crippen LogP contribution is -2.35. The molecule has 250 valence electrons. The van der Waals surface area contributed by atoms with Gasteiger partial charge in [-0.3, -0.25) is 0 Å². The second-order valence-corrected chi connectivity index (χ2v) is 12.5. The van der Waals surface area contributed by atoms with Gasteiger partial charge in [-0.05, 0) is 89.8 Å². The van der Waals surface area contributed by atoms with Crippen LogP contribution in [0, 0.1) is 0 Å². The zero-order valence-electron chi connectivity index (χ0n) is 27.5. The quantitative estimate of drug-likeness (QED) is 0.115. The summed E-state index contributed by atoms with van der Waals surface area (Å²) in [6.45, 7) is 4.53. The van der Waals surface area contributed by atoms with E-state index in [2.05, 4.69) is 71.3 Å². The minimum atomic E-state index is -0.386. The number of carbonyl (C=O) groups excluding carboxylic acids is 2. The number of hydrogen-bond donors (Lipinski definition) is 3. The lowest BCUT2D eigenvalue weighted by molar-refractivity contribution is 0.0987. The highest BCUT2D eigenvalue weighted by Crippen LogP contribution is 2.45. The highest BCUT2D eigenvalue weighted by atomic mass is 16.6. The van der Waals surface area contributed by atoms with Crippen LogP contribution in [0.2, 0.25) is 0 Å². The second kappa shape index (κ2) is 16.4. The number of hydrogen-bond acceptors (Lipinski definition) is 6. The summed E-state index contributed by atoms with van der Waals surface area (Å²) in [7, 11) is 0. The van der Waals surface area contributed by atoms with Crippen LogP contribution in [0.1, 0.15) is 59.8 Å². The maximum Gasteiger partial charge on any atom is 0.409 e. The number of fused-ring (bicyclic) bond motifs is 6. The van der Waals surface area contributed by atoms with E-state index in [0.717, 1.165) is 38.8 Å². The van der Waals surface area contributed by atoms with Gasteiger partial charge in [0.05, 0.1) is 0 Å². The van der Waals surface area contributed by atoms with Crippen molar-refractivity contribution in [2.45, 2.75) is 37.5 Å². The van der Waals surface area contributed by atoms with Gasteiger partial charge in [0, 0.05) is 31.5 Å². The van der Waals surface area contributed by atoms with Crippen molar-refractivity contribution in [2.75, 3.05) is 52.5 Å². The molecule has 0 spiro atoms. The van der Waals surface area contributed by atoms with Crippen LogP contribution in [0.5, 0.6) is 0 Å². The van der Waals surface area contributed by atoms with Crippen LogP contribution in [0.25, 0.3) is 22.3 Å². The molecule has 0 atom stereocenters. The second-order valence-electron chi connectivity index (χ2n) is 12.5. The van der Waals surface area contributed by atoms with E-state index in [1.807, 2.05) is 36.4 Å². The van der Waals surface area contributed by atoms with Crippen LogP contribution in [0.4, 0.5) is 9.59 Å². The van der Waals surface area contributed by atoms with Crippen LogP contribution in [0.15, 0.2) is 97.1 Å². The maximum atomic E-state index is 13.2. The average Bonchev–Trinajstić information content (AvgIpc) is 3.62. The molecule has 8 nitrogen and oxygen atoms in total. The molecule has 0 bridgehead atoms. The van der Waals surface area contributed by atoms with E-state index in [9.17, 15) is 9.59 Å². The smallest absolute Gasteiger partial charge is 0.409 e. The van der Waals surface area contributed by atoms with E-state index < -0.39 is 0 Å². The summed E-state index contributed by atoms with van der Waals surface area (Å²) in [4.78, 5) is 27.4. The van der Waals surface area contributed by atoms with Gasteiger partial charge in [0.1, 0.15) is 13.2 Å². The zero-order valence-corrected chi connectivity index (χ0v) is 27.5. The first-order valence-electron chi connectivity index (χ1n) is 17.2. The van der Waals surface area contributed by atoms with Gasteiger partial charge in [-0.15, -0.1) is 0 Å². The fraction of sp³-hybridized carbons (Fsp3) is 0.350. The summed E-state index contributed by atoms with van der Waals surface area (Å²) in [6.07, 6.45) is 2.65. The molecule has 6 rings (SSSR count). The van der Waals surface area contributed by atoms with Gasteiger partial charge in [0.15, 0.2) is 0 Å². The molecule has 0 unspecified atom stereocenters. The molecule has 8 heteroatoms. The number of nitrogens with zero attached hydrogens (tertiary/aromatic N) is 1. The van der Waals surface area contributed by atoms with Crippen molar-refractivity contribution in [1.82, 2.24) is 15.5 Å². The minimum absolute atomic E-state index is 0.0422. The topological polar surface area (TPSA) is 106 Å². The molecule has 0 radical (unpaired) electrons. The van der Waals surface area contributed by atoms with E-state index in [0.29, 0.717) is 39.4 Å². The van der Waals surface area contributed by atoms with Crippen molar-refractivity contribution >= 4 is 12.2 Å². The first-order valence-corrected chi connectivity index (χ1v) is 17.2. The van der Waals surface area contributed by atoms with Crippen molar-refractivity contribution < 1.29 is 19.1 Å². The minimum Gasteiger partial charge on any atom is -0.449 e. The standard InChI is InChI=1S/C40H46N4O4/c41-21-11-26-44(40(46)48-28-38-35-19-7-3-15-31(35)32-16-4-8-20-36(32)38)25-10-9-22-42-23-12-24-43-39(45)47-27-37-33-17-5-1-13-29(33)30-14-2-6-18-34(30)37/h1-8,13-20,37-38,42H,9-12,21-28,41H2,(H,43,45). The SMILES string of the molecule is NCCCN(CCCCNCCCNC(=O)OCC1c2ccccc2-c2ccccc21)C(=O)OCC1c2ccccc2-c2ccccc21. The number of nitrogens with two attached hydrogens (primary N) is 1. The number of unbranched alkanes of at least 4 members (excludes halogenated alkanes) is 1. The molecule has 0 aromatic heterocycles. The molecule has 0 saturated carbocycles. The van der Waals surface area contributed by atoms with Gasteiger partial charge in [0.25, 0.3) is 0 Å². The van der Waals surface area contributed by atoms with Crippen molar-refractivity contribution in [1.29, 1.82) is 0 Å². The molecular formula is C40H46N4O4. The van der Waals surface area contributed by atoms with E-state index in [1.165, 1.54) is 44.5 Å². The highest BCUT2D eigenvalue weighted by molar-refractivity contribution is 5.80. The van der Waals surface area contributed by atoms with Crippen molar-refractivity contribution in [2.24, 2.45) is 5.73 Å². The normalized spacial score (nSPS) is 12.9. The zero-order chi connectivity index (χ0) is 33.1. The maximum absolute atomic E-state index is 13.2. The molecule has 0 heterocycles. The summed E-state index contributed by atoms with van der Waals surface area (Å²) in [5.41, 5.74) is 15.5. The van der Waals surface area contributed by atoms with Crippen LogP contribution < -0.4 is 16.4 Å². The lowest BCUT2D eigenvalue weighted by atomic mass is 9.98. The monoisotopic (exact) mass is 646 g/mol. The Kier molecular flexibility index (Phi) is 11.4. The number of alkyl carbamates (subject to hydrolysis) is 1. The molecular weight excluding hydrogens is 600 g/mol. The molecule has 2 amide bonds. The van der Waals surface area contributed by atoms with Crippen LogP contribution >= 0.6 is 0 Å². The lowest BCUT2D eigenvalue weighted by Gasteiger charge is -2.23. The van der Waals surface area contributed by atoms with Gasteiger partial charge in [0.2, 0.25) is 0 Å². The molecule has 4 aromatic rings. The Morgan fingerprint density at radius 2 is 1.04 bits per heavy atom. The fourth-order valence-electron chi connectivity index (χ4n) is 6.99. The predicted octanol–water partition coefficient (Wildman–Crippen LogP) is 6.88. The van der Waals surface area contributed by atoms with Gasteiger partial charge in [-0.1, -0.05) is 97.1 Å². The number of ether oxygens (including phenoxy) is 2. The Morgan fingerprint density at radius 3 is 1.56 bits per heavy atom. The van der Waals surface area contributed by atoms with Crippen LogP contribution in [-0.2, 0) is 9.47 Å². The summed E-state index contributed by atoms with van der Waals surface area (Å²) in [5.74, 6) is 0.0979. The molecule has 0 fully saturated rings. The van der Waals surface area contributed by atoms with Crippen LogP contribution in [0.3, 0.4) is 0 Å².